The summed E-state index contributed by atoms with van der Waals surface area (Å²) in [6, 6.07) is 2.63. The van der Waals surface area contributed by atoms with Gasteiger partial charge in [0.05, 0.1) is 18.2 Å². The second-order valence-corrected chi connectivity index (χ2v) is 7.71. The predicted molar refractivity (Wildman–Crippen MR) is 91.2 cm³/mol. The van der Waals surface area contributed by atoms with E-state index in [-0.39, 0.29) is 27.8 Å². The molecule has 0 spiro atoms. The normalized spacial score (nSPS) is 16.0. The number of sulfonamides is 1. The van der Waals surface area contributed by atoms with Crippen LogP contribution in [0.15, 0.2) is 17.0 Å². The van der Waals surface area contributed by atoms with Crippen molar-refractivity contribution in [2.75, 3.05) is 26.3 Å². The quantitative estimate of drug-likeness (QED) is 0.714. The highest BCUT2D eigenvalue weighted by molar-refractivity contribution is 7.89. The summed E-state index contributed by atoms with van der Waals surface area (Å²) in [6.07, 6.45) is 2.65. The summed E-state index contributed by atoms with van der Waals surface area (Å²) in [5.74, 6) is -0.411. The third-order valence-corrected chi connectivity index (χ3v) is 6.13. The molecule has 24 heavy (non-hydrogen) atoms. The van der Waals surface area contributed by atoms with Crippen LogP contribution in [0.1, 0.15) is 43.5 Å². The van der Waals surface area contributed by atoms with Gasteiger partial charge in [0.25, 0.3) is 0 Å². The smallest absolute Gasteiger partial charge is 0.341 e. The summed E-state index contributed by atoms with van der Waals surface area (Å²) < 4.78 is 37.5. The van der Waals surface area contributed by atoms with E-state index in [2.05, 4.69) is 0 Å². The molecule has 0 unspecified atom stereocenters. The molecule has 6 nitrogen and oxygen atoms in total. The van der Waals surface area contributed by atoms with E-state index in [1.54, 1.807) is 13.8 Å². The average molecular weight is 376 g/mol. The van der Waals surface area contributed by atoms with Gasteiger partial charge < -0.3 is 9.47 Å². The Morgan fingerprint density at radius 1 is 1.17 bits per heavy atom. The number of halogens is 1. The summed E-state index contributed by atoms with van der Waals surface area (Å²) in [5.41, 5.74) is 0.0682. The van der Waals surface area contributed by atoms with Crippen molar-refractivity contribution in [1.29, 1.82) is 0 Å². The van der Waals surface area contributed by atoms with Gasteiger partial charge in [-0.2, -0.15) is 4.31 Å². The molecule has 0 aromatic heterocycles. The number of hydrogen-bond donors (Lipinski definition) is 0. The van der Waals surface area contributed by atoms with E-state index in [1.165, 1.54) is 16.4 Å². The van der Waals surface area contributed by atoms with E-state index < -0.39 is 16.0 Å². The van der Waals surface area contributed by atoms with Crippen LogP contribution < -0.4 is 4.74 Å². The number of carbonyl (C=O) groups is 1. The Bertz CT molecular complexity index is 699. The van der Waals surface area contributed by atoms with Crippen LogP contribution in [0.2, 0.25) is 5.02 Å². The zero-order valence-corrected chi connectivity index (χ0v) is 15.5. The fourth-order valence-electron chi connectivity index (χ4n) is 2.62. The first-order valence-electron chi connectivity index (χ1n) is 8.05. The largest absolute Gasteiger partial charge is 0.493 e. The van der Waals surface area contributed by atoms with Crippen molar-refractivity contribution >= 4 is 27.6 Å². The molecule has 0 aliphatic carbocycles. The van der Waals surface area contributed by atoms with Gasteiger partial charge in [0.1, 0.15) is 16.2 Å². The molecule has 8 heteroatoms. The first kappa shape index (κ1) is 19.0. The maximum atomic E-state index is 12.9. The molecule has 0 bridgehead atoms. The fourth-order valence-corrected chi connectivity index (χ4v) is 4.66. The summed E-state index contributed by atoms with van der Waals surface area (Å²) in [4.78, 5) is 12.1. The van der Waals surface area contributed by atoms with Crippen molar-refractivity contribution < 1.29 is 22.7 Å². The lowest BCUT2D eigenvalue weighted by atomic mass is 10.2. The van der Waals surface area contributed by atoms with Gasteiger partial charge in [-0.15, -0.1) is 0 Å². The minimum Gasteiger partial charge on any atom is -0.493 e. The Morgan fingerprint density at radius 3 is 2.42 bits per heavy atom. The van der Waals surface area contributed by atoms with Gasteiger partial charge in [-0.1, -0.05) is 18.0 Å². The van der Waals surface area contributed by atoms with Gasteiger partial charge >= 0.3 is 5.97 Å². The minimum atomic E-state index is -3.76. The predicted octanol–water partition coefficient (Wildman–Crippen LogP) is 3.09. The Balaban J connectivity index is 2.49. The van der Waals surface area contributed by atoms with Crippen LogP contribution in [-0.4, -0.2) is 45.0 Å². The van der Waals surface area contributed by atoms with E-state index in [9.17, 15) is 13.2 Å². The molecule has 0 radical (unpaired) electrons. The number of ether oxygens (including phenoxy) is 2. The number of benzene rings is 1. The van der Waals surface area contributed by atoms with Crippen LogP contribution in [0.4, 0.5) is 0 Å². The maximum Gasteiger partial charge on any atom is 0.341 e. The van der Waals surface area contributed by atoms with Crippen LogP contribution in [0.3, 0.4) is 0 Å². The highest BCUT2D eigenvalue weighted by Gasteiger charge is 2.30. The zero-order valence-electron chi connectivity index (χ0n) is 13.9. The van der Waals surface area contributed by atoms with E-state index in [0.717, 1.165) is 19.3 Å². The standard InChI is InChI=1S/C16H22ClNO5S/c1-3-22-14-11-13(17)15(10-12(14)16(19)23-4-2)24(20,21)18-8-6-5-7-9-18/h10-11H,3-9H2,1-2H3. The third kappa shape index (κ3) is 4.02. The topological polar surface area (TPSA) is 72.9 Å². The van der Waals surface area contributed by atoms with E-state index >= 15 is 0 Å². The van der Waals surface area contributed by atoms with Crippen molar-refractivity contribution in [3.05, 3.63) is 22.7 Å². The van der Waals surface area contributed by atoms with Crippen LogP contribution in [0, 0.1) is 0 Å². The first-order valence-corrected chi connectivity index (χ1v) is 9.87. The molecule has 1 saturated heterocycles. The summed E-state index contributed by atoms with van der Waals surface area (Å²) in [6.45, 7) is 4.87. The molecule has 0 N–H and O–H groups in total. The van der Waals surface area contributed by atoms with Crippen LogP contribution in [-0.2, 0) is 14.8 Å². The van der Waals surface area contributed by atoms with Gasteiger partial charge in [0.15, 0.2) is 0 Å². The van der Waals surface area contributed by atoms with Crippen LogP contribution in [0.5, 0.6) is 5.75 Å². The Morgan fingerprint density at radius 2 is 1.83 bits per heavy atom. The highest BCUT2D eigenvalue weighted by Crippen LogP contribution is 2.33. The number of hydrogen-bond acceptors (Lipinski definition) is 5. The van der Waals surface area contributed by atoms with Crippen LogP contribution >= 0.6 is 11.6 Å². The van der Waals surface area contributed by atoms with Crippen molar-refractivity contribution in [2.24, 2.45) is 0 Å². The summed E-state index contributed by atoms with van der Waals surface area (Å²) in [5, 5.41) is 0.0390. The molecule has 0 atom stereocenters. The summed E-state index contributed by atoms with van der Waals surface area (Å²) in [7, 11) is -3.76. The minimum absolute atomic E-state index is 0.0390. The Kier molecular flexibility index (Phi) is 6.48. The van der Waals surface area contributed by atoms with Gasteiger partial charge in [0, 0.05) is 19.2 Å². The zero-order chi connectivity index (χ0) is 17.7. The molecule has 0 amide bonds. The van der Waals surface area contributed by atoms with Gasteiger partial charge in [-0.05, 0) is 32.8 Å². The van der Waals surface area contributed by atoms with E-state index in [0.29, 0.717) is 19.7 Å². The molecule has 1 aliphatic heterocycles. The number of esters is 1. The molecular weight excluding hydrogens is 354 g/mol. The number of piperidine rings is 1. The van der Waals surface area contributed by atoms with E-state index in [1.807, 2.05) is 0 Å². The number of rotatable bonds is 6. The van der Waals surface area contributed by atoms with Crippen molar-refractivity contribution in [2.45, 2.75) is 38.0 Å². The molecular formula is C16H22ClNO5S. The average Bonchev–Trinajstić information content (AvgIpc) is 2.56. The molecule has 1 heterocycles. The Labute approximate surface area is 147 Å². The second kappa shape index (κ2) is 8.18. The second-order valence-electron chi connectivity index (χ2n) is 5.40. The third-order valence-electron chi connectivity index (χ3n) is 3.76. The van der Waals surface area contributed by atoms with Gasteiger partial charge in [0.2, 0.25) is 10.0 Å². The van der Waals surface area contributed by atoms with Gasteiger partial charge in [-0.3, -0.25) is 0 Å². The van der Waals surface area contributed by atoms with Crippen molar-refractivity contribution in [1.82, 2.24) is 4.31 Å². The lowest BCUT2D eigenvalue weighted by molar-refractivity contribution is 0.0521. The molecule has 1 aromatic carbocycles. The summed E-state index contributed by atoms with van der Waals surface area (Å²) >= 11 is 6.18. The fraction of sp³-hybridized carbons (Fsp3) is 0.562. The highest BCUT2D eigenvalue weighted by atomic mass is 35.5. The van der Waals surface area contributed by atoms with E-state index in [4.69, 9.17) is 21.1 Å². The Hall–Kier alpha value is -1.31. The molecule has 2 rings (SSSR count). The van der Waals surface area contributed by atoms with Crippen molar-refractivity contribution in [3.63, 3.8) is 0 Å². The lowest BCUT2D eigenvalue weighted by Crippen LogP contribution is -2.35. The molecule has 134 valence electrons. The molecule has 1 fully saturated rings. The first-order chi connectivity index (χ1) is 11.4. The van der Waals surface area contributed by atoms with Gasteiger partial charge in [-0.25, -0.2) is 13.2 Å². The SMILES string of the molecule is CCOC(=O)c1cc(S(=O)(=O)N2CCCCC2)c(Cl)cc1OCC. The van der Waals surface area contributed by atoms with Crippen molar-refractivity contribution in [3.8, 4) is 5.75 Å². The monoisotopic (exact) mass is 375 g/mol. The molecule has 1 aromatic rings. The molecule has 0 saturated carbocycles. The molecule has 1 aliphatic rings. The lowest BCUT2D eigenvalue weighted by Gasteiger charge is -2.26. The number of nitrogens with zero attached hydrogens (tertiary/aromatic N) is 1. The van der Waals surface area contributed by atoms with Crippen LogP contribution in [0.25, 0.3) is 0 Å². The maximum absolute atomic E-state index is 12.9. The number of carbonyl (C=O) groups excluding carboxylic acids is 1.